The van der Waals surface area contributed by atoms with Crippen LogP contribution in [0.4, 0.5) is 0 Å². The predicted octanol–water partition coefficient (Wildman–Crippen LogP) is -1.72. The zero-order chi connectivity index (χ0) is 16.7. The first-order valence-corrected chi connectivity index (χ1v) is 8.84. The Balaban J connectivity index is 0.00000182. The molecule has 4 rings (SSSR count). The fourth-order valence-electron chi connectivity index (χ4n) is 3.77. The molecule has 1 unspecified atom stereocenters. The largest absolute Gasteiger partial charge is 1.00 e. The van der Waals surface area contributed by atoms with Gasteiger partial charge in [-0.05, 0) is 60.4 Å². The Morgan fingerprint density at radius 1 is 1.04 bits per heavy atom. The maximum atomic E-state index is 12.5. The number of hydrogen-bond donors (Lipinski definition) is 0. The summed E-state index contributed by atoms with van der Waals surface area (Å²) in [5.41, 5.74) is 2.42. The van der Waals surface area contributed by atoms with E-state index in [0.717, 1.165) is 43.4 Å². The molecule has 2 heterocycles. The number of carbonyl (C=O) groups excluding carboxylic acids is 2. The molecule has 1 saturated carbocycles. The van der Waals surface area contributed by atoms with Gasteiger partial charge in [0.2, 0.25) is 5.91 Å². The van der Waals surface area contributed by atoms with Gasteiger partial charge in [0.15, 0.2) is 0 Å². The standard InChI is InChI=1S/C19H23NO4.Li/c21-18(17-10-24-11-17)20-5-1-2-13(9-20)15-6-14(12-3-4-12)7-16(8-15)19(22)23;/h6-8,12-13,17H,1-5,9-11H2,(H,22,23);/q;+1/p-1. The second-order valence-corrected chi connectivity index (χ2v) is 7.31. The molecule has 0 aromatic heterocycles. The predicted molar refractivity (Wildman–Crippen MR) is 85.6 cm³/mol. The fraction of sp³-hybridized carbons (Fsp3) is 0.579. The van der Waals surface area contributed by atoms with Crippen LogP contribution in [0.3, 0.4) is 0 Å². The summed E-state index contributed by atoms with van der Waals surface area (Å²) in [6.45, 7) is 2.54. The molecule has 1 aromatic rings. The van der Waals surface area contributed by atoms with E-state index < -0.39 is 5.97 Å². The molecule has 0 radical (unpaired) electrons. The summed E-state index contributed by atoms with van der Waals surface area (Å²) < 4.78 is 5.13. The number of carboxylic acid groups (broad SMARTS) is 1. The number of hydrogen-bond acceptors (Lipinski definition) is 4. The van der Waals surface area contributed by atoms with Gasteiger partial charge in [-0.2, -0.15) is 0 Å². The first-order valence-electron chi connectivity index (χ1n) is 8.84. The van der Waals surface area contributed by atoms with Crippen LogP contribution >= 0.6 is 0 Å². The summed E-state index contributed by atoms with van der Waals surface area (Å²) >= 11 is 0. The molecule has 3 fully saturated rings. The summed E-state index contributed by atoms with van der Waals surface area (Å²) in [5, 5.41) is 11.3. The normalized spacial score (nSPS) is 23.5. The molecule has 0 spiro atoms. The summed E-state index contributed by atoms with van der Waals surface area (Å²) in [5.74, 6) is -0.212. The Morgan fingerprint density at radius 3 is 2.28 bits per heavy atom. The first-order chi connectivity index (χ1) is 11.6. The first kappa shape index (κ1) is 18.5. The van der Waals surface area contributed by atoms with Crippen LogP contribution in [0.5, 0.6) is 0 Å². The molecular formula is C19H22LiNO4. The number of carbonyl (C=O) groups is 2. The van der Waals surface area contributed by atoms with Crippen LogP contribution in [0.25, 0.3) is 0 Å². The van der Waals surface area contributed by atoms with E-state index in [-0.39, 0.29) is 42.2 Å². The van der Waals surface area contributed by atoms with Crippen molar-refractivity contribution in [3.05, 3.63) is 34.9 Å². The molecule has 128 valence electrons. The van der Waals surface area contributed by atoms with Gasteiger partial charge in [0.25, 0.3) is 0 Å². The Bertz CT molecular complexity index is 669. The van der Waals surface area contributed by atoms with Gasteiger partial charge in [-0.15, -0.1) is 0 Å². The summed E-state index contributed by atoms with van der Waals surface area (Å²) in [6.07, 6.45) is 4.21. The van der Waals surface area contributed by atoms with Crippen molar-refractivity contribution in [3.8, 4) is 0 Å². The molecule has 0 N–H and O–H groups in total. The zero-order valence-corrected chi connectivity index (χ0v) is 14.7. The van der Waals surface area contributed by atoms with Crippen LogP contribution in [0.15, 0.2) is 18.2 Å². The topological polar surface area (TPSA) is 69.7 Å². The average molecular weight is 335 g/mol. The van der Waals surface area contributed by atoms with E-state index in [1.807, 2.05) is 4.90 Å². The van der Waals surface area contributed by atoms with Crippen LogP contribution in [-0.4, -0.2) is 43.1 Å². The van der Waals surface area contributed by atoms with E-state index >= 15 is 0 Å². The van der Waals surface area contributed by atoms with Gasteiger partial charge in [0, 0.05) is 19.0 Å². The monoisotopic (exact) mass is 335 g/mol. The van der Waals surface area contributed by atoms with E-state index in [0.29, 0.717) is 25.7 Å². The molecule has 3 aliphatic rings. The van der Waals surface area contributed by atoms with Crippen molar-refractivity contribution >= 4 is 11.9 Å². The van der Waals surface area contributed by atoms with E-state index in [4.69, 9.17) is 4.74 Å². The van der Waals surface area contributed by atoms with Crippen molar-refractivity contribution in [2.75, 3.05) is 26.3 Å². The molecule has 1 aliphatic carbocycles. The average Bonchev–Trinajstić information content (AvgIpc) is 3.38. The number of piperidine rings is 1. The number of ether oxygens (including phenoxy) is 1. The smallest absolute Gasteiger partial charge is 0.545 e. The van der Waals surface area contributed by atoms with Crippen molar-refractivity contribution in [2.24, 2.45) is 5.92 Å². The molecular weight excluding hydrogens is 313 g/mol. The van der Waals surface area contributed by atoms with Gasteiger partial charge in [-0.1, -0.05) is 6.07 Å². The third kappa shape index (κ3) is 3.94. The molecule has 0 bridgehead atoms. The molecule has 25 heavy (non-hydrogen) atoms. The molecule has 2 aliphatic heterocycles. The Labute approximate surface area is 159 Å². The number of amides is 1. The van der Waals surface area contributed by atoms with Crippen LogP contribution in [0.2, 0.25) is 0 Å². The molecule has 1 aromatic carbocycles. The van der Waals surface area contributed by atoms with Crippen molar-refractivity contribution in [1.82, 2.24) is 4.90 Å². The minimum Gasteiger partial charge on any atom is -0.545 e. The molecule has 1 atom stereocenters. The van der Waals surface area contributed by atoms with E-state index in [1.165, 1.54) is 0 Å². The van der Waals surface area contributed by atoms with Crippen molar-refractivity contribution in [2.45, 2.75) is 37.5 Å². The third-order valence-corrected chi connectivity index (χ3v) is 5.45. The van der Waals surface area contributed by atoms with Gasteiger partial charge in [0.1, 0.15) is 0 Å². The molecule has 5 nitrogen and oxygen atoms in total. The Morgan fingerprint density at radius 2 is 1.72 bits per heavy atom. The summed E-state index contributed by atoms with van der Waals surface area (Å²) in [7, 11) is 0. The number of aromatic carboxylic acids is 1. The van der Waals surface area contributed by atoms with Crippen LogP contribution in [0.1, 0.15) is 59.0 Å². The van der Waals surface area contributed by atoms with E-state index in [2.05, 4.69) is 6.07 Å². The van der Waals surface area contributed by atoms with E-state index in [1.54, 1.807) is 12.1 Å². The van der Waals surface area contributed by atoms with Crippen LogP contribution in [0, 0.1) is 5.92 Å². The summed E-state index contributed by atoms with van der Waals surface area (Å²) in [4.78, 5) is 25.7. The maximum Gasteiger partial charge on any atom is 1.00 e. The molecule has 2 saturated heterocycles. The van der Waals surface area contributed by atoms with Crippen LogP contribution in [-0.2, 0) is 9.53 Å². The number of likely N-dealkylation sites (tertiary alicyclic amines) is 1. The maximum absolute atomic E-state index is 12.5. The second kappa shape index (κ2) is 7.53. The fourth-order valence-corrected chi connectivity index (χ4v) is 3.77. The SMILES string of the molecule is O=C([O-])c1cc(C2CC2)cc(C2CCCN(C(=O)C3COC3)C2)c1.[Li+]. The number of nitrogens with zero attached hydrogens (tertiary/aromatic N) is 1. The van der Waals surface area contributed by atoms with Gasteiger partial charge in [0.05, 0.1) is 25.1 Å². The zero-order valence-electron chi connectivity index (χ0n) is 14.7. The van der Waals surface area contributed by atoms with Crippen molar-refractivity contribution in [3.63, 3.8) is 0 Å². The van der Waals surface area contributed by atoms with Crippen LogP contribution < -0.4 is 24.0 Å². The van der Waals surface area contributed by atoms with Gasteiger partial charge in [-0.25, -0.2) is 0 Å². The minimum absolute atomic E-state index is 0. The number of carboxylic acids is 1. The minimum atomic E-state index is -1.12. The van der Waals surface area contributed by atoms with Gasteiger partial charge < -0.3 is 19.5 Å². The van der Waals surface area contributed by atoms with Gasteiger partial charge >= 0.3 is 18.9 Å². The third-order valence-electron chi connectivity index (χ3n) is 5.45. The summed E-state index contributed by atoms with van der Waals surface area (Å²) in [6, 6.07) is 5.65. The quantitative estimate of drug-likeness (QED) is 0.614. The Kier molecular flexibility index (Phi) is 5.58. The number of rotatable bonds is 4. The van der Waals surface area contributed by atoms with Crippen molar-refractivity contribution < 1.29 is 38.3 Å². The van der Waals surface area contributed by atoms with E-state index in [9.17, 15) is 14.7 Å². The second-order valence-electron chi connectivity index (χ2n) is 7.31. The van der Waals surface area contributed by atoms with Crippen molar-refractivity contribution in [1.29, 1.82) is 0 Å². The van der Waals surface area contributed by atoms with Gasteiger partial charge in [-0.3, -0.25) is 4.79 Å². The molecule has 6 heteroatoms. The number of benzene rings is 1. The Hall–Kier alpha value is -1.28. The molecule has 1 amide bonds.